The van der Waals surface area contributed by atoms with Gasteiger partial charge >= 0.3 is 11.4 Å². The minimum Gasteiger partial charge on any atom is -0.448 e. The minimum atomic E-state index is -0.483. The third-order valence-corrected chi connectivity index (χ3v) is 9.78. The van der Waals surface area contributed by atoms with E-state index in [1.807, 2.05) is 0 Å². The zero-order valence-corrected chi connectivity index (χ0v) is 21.6. The van der Waals surface area contributed by atoms with Crippen LogP contribution in [0.3, 0.4) is 0 Å². The normalized spacial score (nSPS) is 20.0. The van der Waals surface area contributed by atoms with Gasteiger partial charge in [-0.15, -0.1) is 0 Å². The van der Waals surface area contributed by atoms with Crippen LogP contribution in [0.1, 0.15) is 55.1 Å². The molecule has 1 atom stereocenters. The second kappa shape index (κ2) is 6.95. The highest BCUT2D eigenvalue weighted by Gasteiger charge is 2.69. The smallest absolute Gasteiger partial charge is 0.347 e. The standard InChI is InChI=1S/C35H27N3O/c1-2-12-23(13-3-1)37-29-18-10-19-30-32(29)38-31-27(21-22-11-4-5-14-24(22)33(31)39-30)35(34(37)38)26-16-7-6-15-25(26)28-17-8-9-20-36(28)35/h4-11,14-21,23H,1-3,12-13H2/q+2. The molecule has 4 nitrogen and oxygen atoms in total. The summed E-state index contributed by atoms with van der Waals surface area (Å²) in [5.41, 5.74) is 8.48. The molecule has 1 spiro atoms. The molecular formula is C35H27N3O+2. The first-order valence-electron chi connectivity index (χ1n) is 14.3. The Labute approximate surface area is 226 Å². The Kier molecular flexibility index (Phi) is 3.65. The molecule has 1 fully saturated rings. The molecule has 4 heteroatoms. The van der Waals surface area contributed by atoms with Crippen molar-refractivity contribution >= 4 is 21.8 Å². The maximum absolute atomic E-state index is 6.91. The summed E-state index contributed by atoms with van der Waals surface area (Å²) in [4.78, 5) is 0. The molecular weight excluding hydrogens is 478 g/mol. The van der Waals surface area contributed by atoms with Crippen LogP contribution in [-0.4, -0.2) is 4.57 Å². The van der Waals surface area contributed by atoms with E-state index >= 15 is 0 Å². The molecule has 0 N–H and O–H groups in total. The Morgan fingerprint density at radius 2 is 1.64 bits per heavy atom. The van der Waals surface area contributed by atoms with Crippen LogP contribution < -0.4 is 13.9 Å². The van der Waals surface area contributed by atoms with Crippen LogP contribution in [0, 0.1) is 0 Å². The molecule has 0 saturated heterocycles. The zero-order chi connectivity index (χ0) is 25.3. The zero-order valence-electron chi connectivity index (χ0n) is 21.6. The molecule has 6 aromatic rings. The quantitative estimate of drug-likeness (QED) is 0.218. The Morgan fingerprint density at radius 3 is 2.59 bits per heavy atom. The van der Waals surface area contributed by atoms with Gasteiger partial charge in [0.1, 0.15) is 6.04 Å². The lowest BCUT2D eigenvalue weighted by molar-refractivity contribution is -0.733. The van der Waals surface area contributed by atoms with Gasteiger partial charge in [-0.2, -0.15) is 9.13 Å². The molecule has 5 heterocycles. The van der Waals surface area contributed by atoms with Crippen molar-refractivity contribution in [1.82, 2.24) is 4.57 Å². The molecule has 4 aromatic carbocycles. The van der Waals surface area contributed by atoms with E-state index in [1.165, 1.54) is 87.8 Å². The second-order valence-corrected chi connectivity index (χ2v) is 11.6. The van der Waals surface area contributed by atoms with Crippen molar-refractivity contribution in [2.24, 2.45) is 0 Å². The van der Waals surface area contributed by atoms with Gasteiger partial charge in [0.25, 0.3) is 0 Å². The van der Waals surface area contributed by atoms with Crippen molar-refractivity contribution in [1.29, 1.82) is 0 Å². The van der Waals surface area contributed by atoms with Gasteiger partial charge in [-0.3, -0.25) is 0 Å². The van der Waals surface area contributed by atoms with E-state index in [1.54, 1.807) is 0 Å². The summed E-state index contributed by atoms with van der Waals surface area (Å²) in [6.45, 7) is 0. The molecule has 186 valence electrons. The third-order valence-electron chi connectivity index (χ3n) is 9.78. The number of para-hydroxylation sites is 1. The lowest BCUT2D eigenvalue weighted by Crippen LogP contribution is -2.58. The largest absolute Gasteiger partial charge is 0.448 e. The molecule has 0 bridgehead atoms. The molecule has 1 saturated carbocycles. The Hall–Kier alpha value is -4.44. The minimum absolute atomic E-state index is 0.468. The van der Waals surface area contributed by atoms with Crippen molar-refractivity contribution in [3.05, 3.63) is 114 Å². The first-order valence-corrected chi connectivity index (χ1v) is 14.3. The molecule has 0 amide bonds. The fourth-order valence-corrected chi connectivity index (χ4v) is 8.35. The SMILES string of the molecule is c1ccc2c(c1)-c1cccc[n+]1C21c2cc3ccccc3c3c2-[n+]2c1n(C1CCCCC1)c1cccc(c12)O3. The average molecular weight is 506 g/mol. The van der Waals surface area contributed by atoms with Gasteiger partial charge in [0.15, 0.2) is 28.9 Å². The summed E-state index contributed by atoms with van der Waals surface area (Å²) < 4.78 is 14.8. The van der Waals surface area contributed by atoms with Gasteiger partial charge in [0.2, 0.25) is 11.2 Å². The second-order valence-electron chi connectivity index (χ2n) is 11.6. The summed E-state index contributed by atoms with van der Waals surface area (Å²) >= 11 is 0. The summed E-state index contributed by atoms with van der Waals surface area (Å²) in [7, 11) is 0. The number of nitrogens with zero attached hydrogens (tertiary/aromatic N) is 3. The van der Waals surface area contributed by atoms with Gasteiger partial charge in [0.05, 0.1) is 16.7 Å². The Morgan fingerprint density at radius 1 is 0.795 bits per heavy atom. The van der Waals surface area contributed by atoms with E-state index in [9.17, 15) is 0 Å². The number of fused-ring (bicyclic) bond motifs is 9. The number of hydrogen-bond donors (Lipinski definition) is 0. The lowest BCUT2D eigenvalue weighted by Gasteiger charge is -2.25. The maximum atomic E-state index is 6.91. The van der Waals surface area contributed by atoms with E-state index in [0.29, 0.717) is 6.04 Å². The highest BCUT2D eigenvalue weighted by Crippen LogP contribution is 2.57. The predicted molar refractivity (Wildman–Crippen MR) is 151 cm³/mol. The van der Waals surface area contributed by atoms with E-state index in [4.69, 9.17) is 4.74 Å². The fraction of sp³-hybridized carbons (Fsp3) is 0.200. The lowest BCUT2D eigenvalue weighted by atomic mass is 9.81. The van der Waals surface area contributed by atoms with Crippen LogP contribution in [0.25, 0.3) is 38.8 Å². The van der Waals surface area contributed by atoms with Crippen LogP contribution in [0.5, 0.6) is 11.5 Å². The number of ether oxygens (including phenoxy) is 1. The van der Waals surface area contributed by atoms with Crippen molar-refractivity contribution in [3.63, 3.8) is 0 Å². The van der Waals surface area contributed by atoms with Crippen LogP contribution in [-0.2, 0) is 5.54 Å². The highest BCUT2D eigenvalue weighted by molar-refractivity contribution is 5.96. The van der Waals surface area contributed by atoms with Gasteiger partial charge in [-0.05, 0) is 61.4 Å². The number of benzene rings is 4. The van der Waals surface area contributed by atoms with Crippen LogP contribution >= 0.6 is 0 Å². The van der Waals surface area contributed by atoms with Gasteiger partial charge in [-0.25, -0.2) is 4.57 Å². The third kappa shape index (κ3) is 2.23. The molecule has 1 aliphatic carbocycles. The molecule has 1 unspecified atom stereocenters. The summed E-state index contributed by atoms with van der Waals surface area (Å²) in [6, 6.07) is 34.0. The summed E-state index contributed by atoms with van der Waals surface area (Å²) in [6.07, 6.45) is 8.64. The van der Waals surface area contributed by atoms with E-state index in [2.05, 4.69) is 111 Å². The first-order chi connectivity index (χ1) is 19.4. The Balaban J connectivity index is 1.49. The number of hydrogen-bond acceptors (Lipinski definition) is 1. The van der Waals surface area contributed by atoms with Gasteiger partial charge in [0, 0.05) is 17.5 Å². The fourth-order valence-electron chi connectivity index (χ4n) is 8.35. The molecule has 3 aliphatic heterocycles. The van der Waals surface area contributed by atoms with E-state index in [-0.39, 0.29) is 0 Å². The monoisotopic (exact) mass is 505 g/mol. The molecule has 39 heavy (non-hydrogen) atoms. The Bertz CT molecular complexity index is 2000. The molecule has 0 radical (unpaired) electrons. The van der Waals surface area contributed by atoms with Crippen LogP contribution in [0.15, 0.2) is 97.2 Å². The average Bonchev–Trinajstić information content (AvgIpc) is 3.60. The number of pyridine rings is 1. The molecule has 2 aromatic heterocycles. The topological polar surface area (TPSA) is 21.9 Å². The summed E-state index contributed by atoms with van der Waals surface area (Å²) in [5, 5.41) is 2.39. The van der Waals surface area contributed by atoms with Crippen LogP contribution in [0.4, 0.5) is 0 Å². The first kappa shape index (κ1) is 20.5. The number of aromatic nitrogens is 3. The summed E-state index contributed by atoms with van der Waals surface area (Å²) in [5.74, 6) is 3.30. The van der Waals surface area contributed by atoms with Gasteiger partial charge < -0.3 is 4.74 Å². The van der Waals surface area contributed by atoms with Crippen molar-refractivity contribution in [3.8, 4) is 28.4 Å². The van der Waals surface area contributed by atoms with Crippen LogP contribution in [0.2, 0.25) is 0 Å². The van der Waals surface area contributed by atoms with E-state index in [0.717, 1.165) is 11.5 Å². The van der Waals surface area contributed by atoms with Crippen molar-refractivity contribution in [2.45, 2.75) is 43.7 Å². The van der Waals surface area contributed by atoms with Gasteiger partial charge in [-0.1, -0.05) is 55.0 Å². The molecule has 4 aliphatic rings. The number of rotatable bonds is 1. The van der Waals surface area contributed by atoms with Crippen molar-refractivity contribution in [2.75, 3.05) is 0 Å². The highest BCUT2D eigenvalue weighted by atomic mass is 16.5. The molecule has 10 rings (SSSR count). The predicted octanol–water partition coefficient (Wildman–Crippen LogP) is 7.10. The number of imidazole rings is 1. The van der Waals surface area contributed by atoms with E-state index < -0.39 is 5.54 Å². The maximum Gasteiger partial charge on any atom is 0.347 e. The van der Waals surface area contributed by atoms with Crippen molar-refractivity contribution < 1.29 is 13.9 Å².